The molecule has 0 aromatic heterocycles. The van der Waals surface area contributed by atoms with E-state index >= 15 is 0 Å². The van der Waals surface area contributed by atoms with E-state index in [0.29, 0.717) is 32.2 Å². The number of rotatable bonds is 1. The third-order valence-corrected chi connectivity index (χ3v) is 4.46. The molecule has 21 heavy (non-hydrogen) atoms. The molecule has 2 heterocycles. The fourth-order valence-electron chi connectivity index (χ4n) is 3.05. The molecule has 0 N–H and O–H groups in total. The van der Waals surface area contributed by atoms with Crippen LogP contribution in [-0.2, 0) is 17.7 Å². The summed E-state index contributed by atoms with van der Waals surface area (Å²) < 4.78 is 5.32. The molecule has 4 nitrogen and oxygen atoms in total. The molecule has 0 spiro atoms. The van der Waals surface area contributed by atoms with Gasteiger partial charge in [-0.05, 0) is 29.0 Å². The van der Waals surface area contributed by atoms with Gasteiger partial charge in [0, 0.05) is 26.2 Å². The molecule has 0 aliphatic carbocycles. The van der Waals surface area contributed by atoms with Gasteiger partial charge in [0.2, 0.25) is 0 Å². The predicted molar refractivity (Wildman–Crippen MR) is 82.4 cm³/mol. The van der Waals surface area contributed by atoms with Crippen molar-refractivity contribution < 1.29 is 9.53 Å². The monoisotopic (exact) mass is 288 g/mol. The molecule has 0 saturated carbocycles. The van der Waals surface area contributed by atoms with Gasteiger partial charge in [-0.2, -0.15) is 0 Å². The summed E-state index contributed by atoms with van der Waals surface area (Å²) in [5.41, 5.74) is 4.06. The number of fused-ring (bicyclic) bond motifs is 1. The van der Waals surface area contributed by atoms with E-state index in [1.54, 1.807) is 0 Å². The maximum absolute atomic E-state index is 12.6. The Labute approximate surface area is 126 Å². The highest BCUT2D eigenvalue weighted by Crippen LogP contribution is 2.24. The van der Waals surface area contributed by atoms with E-state index in [1.807, 2.05) is 9.80 Å². The normalized spacial score (nSPS) is 18.8. The Kier molecular flexibility index (Phi) is 4.15. The van der Waals surface area contributed by atoms with Gasteiger partial charge in [-0.1, -0.05) is 32.0 Å². The van der Waals surface area contributed by atoms with E-state index in [4.69, 9.17) is 4.74 Å². The molecule has 3 rings (SSSR count). The van der Waals surface area contributed by atoms with Gasteiger partial charge in [-0.3, -0.25) is 0 Å². The van der Waals surface area contributed by atoms with Crippen LogP contribution in [0.25, 0.3) is 0 Å². The number of amides is 2. The first-order chi connectivity index (χ1) is 10.1. The average Bonchev–Trinajstić information content (AvgIpc) is 2.54. The van der Waals surface area contributed by atoms with Crippen LogP contribution in [0.3, 0.4) is 0 Å². The van der Waals surface area contributed by atoms with Gasteiger partial charge >= 0.3 is 6.03 Å². The fourth-order valence-corrected chi connectivity index (χ4v) is 3.05. The lowest BCUT2D eigenvalue weighted by molar-refractivity contribution is 0.0421. The third-order valence-electron chi connectivity index (χ3n) is 4.46. The van der Waals surface area contributed by atoms with Crippen LogP contribution < -0.4 is 0 Å². The van der Waals surface area contributed by atoms with Crippen molar-refractivity contribution >= 4 is 6.03 Å². The van der Waals surface area contributed by atoms with Gasteiger partial charge in [0.15, 0.2) is 0 Å². The molecule has 1 aromatic carbocycles. The first-order valence-corrected chi connectivity index (χ1v) is 7.88. The first kappa shape index (κ1) is 14.4. The van der Waals surface area contributed by atoms with Crippen molar-refractivity contribution in [2.24, 2.45) is 0 Å². The van der Waals surface area contributed by atoms with E-state index in [0.717, 1.165) is 19.5 Å². The molecule has 1 aromatic rings. The highest BCUT2D eigenvalue weighted by Gasteiger charge is 2.26. The molecular formula is C17H24N2O2. The van der Waals surface area contributed by atoms with Crippen molar-refractivity contribution in [1.29, 1.82) is 0 Å². The summed E-state index contributed by atoms with van der Waals surface area (Å²) in [7, 11) is 0. The molecule has 0 bridgehead atoms. The Morgan fingerprint density at radius 3 is 2.57 bits per heavy atom. The average molecular weight is 288 g/mol. The van der Waals surface area contributed by atoms with Crippen LogP contribution in [0.15, 0.2) is 18.2 Å². The minimum atomic E-state index is 0.166. The minimum absolute atomic E-state index is 0.166. The Hall–Kier alpha value is -1.55. The quantitative estimate of drug-likeness (QED) is 0.796. The smallest absolute Gasteiger partial charge is 0.320 e. The van der Waals surface area contributed by atoms with Crippen molar-refractivity contribution in [2.75, 3.05) is 32.8 Å². The Morgan fingerprint density at radius 2 is 1.86 bits per heavy atom. The highest BCUT2D eigenvalue weighted by molar-refractivity contribution is 5.75. The molecular weight excluding hydrogens is 264 g/mol. The number of ether oxygens (including phenoxy) is 1. The number of hydrogen-bond donors (Lipinski definition) is 0. The maximum Gasteiger partial charge on any atom is 0.320 e. The lowest BCUT2D eigenvalue weighted by Crippen LogP contribution is -2.49. The summed E-state index contributed by atoms with van der Waals surface area (Å²) >= 11 is 0. The van der Waals surface area contributed by atoms with Crippen molar-refractivity contribution in [3.05, 3.63) is 34.9 Å². The van der Waals surface area contributed by atoms with Crippen LogP contribution in [0.5, 0.6) is 0 Å². The van der Waals surface area contributed by atoms with Gasteiger partial charge in [-0.15, -0.1) is 0 Å². The SMILES string of the molecule is CC(C)c1ccc2c(c1)CN(C(=O)N1CCOCC1)CC2. The predicted octanol–water partition coefficient (Wildman–Crippen LogP) is 2.62. The van der Waals surface area contributed by atoms with Gasteiger partial charge in [0.25, 0.3) is 0 Å². The summed E-state index contributed by atoms with van der Waals surface area (Å²) in [5.74, 6) is 0.528. The number of nitrogens with zero attached hydrogens (tertiary/aromatic N) is 2. The molecule has 114 valence electrons. The molecule has 0 unspecified atom stereocenters. The maximum atomic E-state index is 12.6. The van der Waals surface area contributed by atoms with E-state index in [2.05, 4.69) is 32.0 Å². The summed E-state index contributed by atoms with van der Waals surface area (Å²) in [5, 5.41) is 0. The topological polar surface area (TPSA) is 32.8 Å². The highest BCUT2D eigenvalue weighted by atomic mass is 16.5. The minimum Gasteiger partial charge on any atom is -0.378 e. The zero-order valence-corrected chi connectivity index (χ0v) is 13.0. The second kappa shape index (κ2) is 6.06. The lowest BCUT2D eigenvalue weighted by atomic mass is 9.93. The molecule has 2 aliphatic heterocycles. The van der Waals surface area contributed by atoms with Crippen LogP contribution in [0.1, 0.15) is 36.5 Å². The Bertz CT molecular complexity index is 522. The molecule has 1 fully saturated rings. The van der Waals surface area contributed by atoms with Crippen molar-refractivity contribution in [3.63, 3.8) is 0 Å². The number of hydrogen-bond acceptors (Lipinski definition) is 2. The number of urea groups is 1. The van der Waals surface area contributed by atoms with Gasteiger partial charge in [-0.25, -0.2) is 4.79 Å². The largest absolute Gasteiger partial charge is 0.378 e. The second-order valence-electron chi connectivity index (χ2n) is 6.24. The number of carbonyl (C=O) groups excluding carboxylic acids is 1. The van der Waals surface area contributed by atoms with Crippen LogP contribution >= 0.6 is 0 Å². The second-order valence-corrected chi connectivity index (χ2v) is 6.24. The molecule has 0 atom stereocenters. The fraction of sp³-hybridized carbons (Fsp3) is 0.588. The van der Waals surface area contributed by atoms with Crippen molar-refractivity contribution in [2.45, 2.75) is 32.7 Å². The summed E-state index contributed by atoms with van der Waals surface area (Å²) in [6.45, 7) is 8.74. The van der Waals surface area contributed by atoms with Crippen LogP contribution in [0.2, 0.25) is 0 Å². The molecule has 2 amide bonds. The van der Waals surface area contributed by atoms with Crippen LogP contribution in [-0.4, -0.2) is 48.7 Å². The lowest BCUT2D eigenvalue weighted by Gasteiger charge is -2.35. The molecule has 0 radical (unpaired) electrons. The van der Waals surface area contributed by atoms with Gasteiger partial charge < -0.3 is 14.5 Å². The number of morpholine rings is 1. The Morgan fingerprint density at radius 1 is 1.10 bits per heavy atom. The van der Waals surface area contributed by atoms with Crippen molar-refractivity contribution in [1.82, 2.24) is 9.80 Å². The number of carbonyl (C=O) groups is 1. The van der Waals surface area contributed by atoms with Crippen molar-refractivity contribution in [3.8, 4) is 0 Å². The van der Waals surface area contributed by atoms with Gasteiger partial charge in [0.05, 0.1) is 13.2 Å². The summed E-state index contributed by atoms with van der Waals surface area (Å²) in [6, 6.07) is 6.90. The molecule has 4 heteroatoms. The zero-order valence-electron chi connectivity index (χ0n) is 13.0. The van der Waals surface area contributed by atoms with Gasteiger partial charge in [0.1, 0.15) is 0 Å². The molecule has 1 saturated heterocycles. The van der Waals surface area contributed by atoms with E-state index in [-0.39, 0.29) is 6.03 Å². The van der Waals surface area contributed by atoms with Crippen LogP contribution in [0, 0.1) is 0 Å². The van der Waals surface area contributed by atoms with E-state index in [9.17, 15) is 4.79 Å². The Balaban J connectivity index is 1.73. The zero-order chi connectivity index (χ0) is 14.8. The van der Waals surface area contributed by atoms with E-state index < -0.39 is 0 Å². The molecule has 2 aliphatic rings. The third kappa shape index (κ3) is 3.05. The van der Waals surface area contributed by atoms with E-state index in [1.165, 1.54) is 16.7 Å². The summed E-state index contributed by atoms with van der Waals surface area (Å²) in [6.07, 6.45) is 0.962. The standard InChI is InChI=1S/C17H24N2O2/c1-13(2)15-4-3-14-5-6-19(12-16(14)11-15)17(20)18-7-9-21-10-8-18/h3-4,11,13H,5-10,12H2,1-2H3. The van der Waals surface area contributed by atoms with Crippen LogP contribution in [0.4, 0.5) is 4.79 Å². The summed E-state index contributed by atoms with van der Waals surface area (Å²) in [4.78, 5) is 16.5. The number of benzene rings is 1. The first-order valence-electron chi connectivity index (χ1n) is 7.88.